The second kappa shape index (κ2) is 6.24. The molecule has 0 bridgehead atoms. The van der Waals surface area contributed by atoms with Crippen molar-refractivity contribution in [1.29, 1.82) is 0 Å². The predicted molar refractivity (Wildman–Crippen MR) is 58.4 cm³/mol. The average molecular weight is 210 g/mol. The van der Waals surface area contributed by atoms with Crippen molar-refractivity contribution in [3.63, 3.8) is 0 Å². The number of esters is 1. The molecule has 1 heterocycles. The number of aryl methyl sites for hydroxylation is 1. The second-order valence-electron chi connectivity index (χ2n) is 3.40. The zero-order valence-corrected chi connectivity index (χ0v) is 9.32. The largest absolute Gasteiger partial charge is 0.469 e. The number of aromatic nitrogens is 1. The van der Waals surface area contributed by atoms with Gasteiger partial charge in [0, 0.05) is 31.4 Å². The molecule has 1 rings (SSSR count). The number of carbonyl (C=O) groups is 1. The Hall–Kier alpha value is -1.29. The van der Waals surface area contributed by atoms with Crippen LogP contribution in [-0.2, 0) is 22.6 Å². The van der Waals surface area contributed by atoms with Crippen LogP contribution >= 0.6 is 0 Å². The summed E-state index contributed by atoms with van der Waals surface area (Å²) in [6.07, 6.45) is 3.33. The van der Waals surface area contributed by atoms with Gasteiger partial charge in [0.15, 0.2) is 0 Å². The molecule has 0 atom stereocenters. The SMILES string of the molecule is CNCc1cccn1CCCC(=O)OC. The second-order valence-corrected chi connectivity index (χ2v) is 3.40. The molecule has 4 heteroatoms. The Bertz CT molecular complexity index is 307. The van der Waals surface area contributed by atoms with Gasteiger partial charge in [0.1, 0.15) is 0 Å². The van der Waals surface area contributed by atoms with Gasteiger partial charge in [-0.3, -0.25) is 4.79 Å². The van der Waals surface area contributed by atoms with Crippen LogP contribution in [-0.4, -0.2) is 24.7 Å². The predicted octanol–water partition coefficient (Wildman–Crippen LogP) is 1.16. The summed E-state index contributed by atoms with van der Waals surface area (Å²) in [6, 6.07) is 4.10. The number of nitrogens with one attached hydrogen (secondary N) is 1. The smallest absolute Gasteiger partial charge is 0.305 e. The van der Waals surface area contributed by atoms with Gasteiger partial charge in [-0.05, 0) is 25.6 Å². The molecule has 0 amide bonds. The van der Waals surface area contributed by atoms with Crippen LogP contribution in [0.4, 0.5) is 0 Å². The fourth-order valence-corrected chi connectivity index (χ4v) is 1.51. The Kier molecular flexibility index (Phi) is 4.90. The number of hydrogen-bond donors (Lipinski definition) is 1. The van der Waals surface area contributed by atoms with Crippen molar-refractivity contribution in [3.8, 4) is 0 Å². The molecule has 1 N–H and O–H groups in total. The van der Waals surface area contributed by atoms with E-state index in [2.05, 4.69) is 20.7 Å². The van der Waals surface area contributed by atoms with Gasteiger partial charge in [0.05, 0.1) is 7.11 Å². The van der Waals surface area contributed by atoms with Crippen molar-refractivity contribution in [2.24, 2.45) is 0 Å². The van der Waals surface area contributed by atoms with E-state index >= 15 is 0 Å². The summed E-state index contributed by atoms with van der Waals surface area (Å²) in [4.78, 5) is 10.9. The Morgan fingerprint density at radius 1 is 1.60 bits per heavy atom. The minimum absolute atomic E-state index is 0.141. The molecule has 0 aliphatic heterocycles. The summed E-state index contributed by atoms with van der Waals surface area (Å²) >= 11 is 0. The number of hydrogen-bond acceptors (Lipinski definition) is 3. The van der Waals surface area contributed by atoms with E-state index in [0.717, 1.165) is 19.5 Å². The monoisotopic (exact) mass is 210 g/mol. The third-order valence-electron chi connectivity index (χ3n) is 2.29. The Labute approximate surface area is 90.2 Å². The fourth-order valence-electron chi connectivity index (χ4n) is 1.51. The molecular weight excluding hydrogens is 192 g/mol. The third-order valence-corrected chi connectivity index (χ3v) is 2.29. The van der Waals surface area contributed by atoms with E-state index < -0.39 is 0 Å². The molecule has 1 aromatic heterocycles. The first-order chi connectivity index (χ1) is 7.27. The highest BCUT2D eigenvalue weighted by molar-refractivity contribution is 5.68. The molecular formula is C11H18N2O2. The maximum Gasteiger partial charge on any atom is 0.305 e. The first-order valence-corrected chi connectivity index (χ1v) is 5.13. The summed E-state index contributed by atoms with van der Waals surface area (Å²) in [5, 5.41) is 3.11. The van der Waals surface area contributed by atoms with Gasteiger partial charge in [-0.25, -0.2) is 0 Å². The Balaban J connectivity index is 2.36. The van der Waals surface area contributed by atoms with Gasteiger partial charge >= 0.3 is 5.97 Å². The molecule has 0 unspecified atom stereocenters. The zero-order valence-electron chi connectivity index (χ0n) is 9.32. The first-order valence-electron chi connectivity index (χ1n) is 5.13. The van der Waals surface area contributed by atoms with Gasteiger partial charge < -0.3 is 14.6 Å². The van der Waals surface area contributed by atoms with E-state index in [9.17, 15) is 4.79 Å². The average Bonchev–Trinajstić information content (AvgIpc) is 2.66. The lowest BCUT2D eigenvalue weighted by atomic mass is 10.3. The van der Waals surface area contributed by atoms with Crippen LogP contribution in [0.3, 0.4) is 0 Å². The molecule has 0 aliphatic carbocycles. The van der Waals surface area contributed by atoms with E-state index in [-0.39, 0.29) is 5.97 Å². The van der Waals surface area contributed by atoms with E-state index in [1.54, 1.807) is 0 Å². The number of ether oxygens (including phenoxy) is 1. The highest BCUT2D eigenvalue weighted by atomic mass is 16.5. The maximum atomic E-state index is 10.9. The number of rotatable bonds is 6. The van der Waals surface area contributed by atoms with Crippen LogP contribution in [0, 0.1) is 0 Å². The van der Waals surface area contributed by atoms with Crippen molar-refractivity contribution >= 4 is 5.97 Å². The zero-order chi connectivity index (χ0) is 11.1. The van der Waals surface area contributed by atoms with Gasteiger partial charge in [-0.2, -0.15) is 0 Å². The fraction of sp³-hybridized carbons (Fsp3) is 0.545. The van der Waals surface area contributed by atoms with E-state index in [4.69, 9.17) is 0 Å². The van der Waals surface area contributed by atoms with Gasteiger partial charge in [0.25, 0.3) is 0 Å². The van der Waals surface area contributed by atoms with Crippen LogP contribution in [0.2, 0.25) is 0 Å². The normalized spacial score (nSPS) is 10.3. The summed E-state index contributed by atoms with van der Waals surface area (Å²) in [5.41, 5.74) is 1.24. The molecule has 84 valence electrons. The van der Waals surface area contributed by atoms with Crippen LogP contribution in [0.15, 0.2) is 18.3 Å². The van der Waals surface area contributed by atoms with Crippen LogP contribution in [0.1, 0.15) is 18.5 Å². The van der Waals surface area contributed by atoms with Crippen LogP contribution in [0.25, 0.3) is 0 Å². The lowest BCUT2D eigenvalue weighted by Gasteiger charge is -2.08. The Morgan fingerprint density at radius 2 is 2.40 bits per heavy atom. The highest BCUT2D eigenvalue weighted by Crippen LogP contribution is 2.04. The topological polar surface area (TPSA) is 43.3 Å². The maximum absolute atomic E-state index is 10.9. The summed E-state index contributed by atoms with van der Waals surface area (Å²) in [7, 11) is 3.34. The van der Waals surface area contributed by atoms with Gasteiger partial charge in [0.2, 0.25) is 0 Å². The van der Waals surface area contributed by atoms with Crippen LogP contribution < -0.4 is 5.32 Å². The summed E-state index contributed by atoms with van der Waals surface area (Å²) in [6.45, 7) is 1.71. The van der Waals surface area contributed by atoms with E-state index in [1.807, 2.05) is 19.3 Å². The van der Waals surface area contributed by atoms with Crippen LogP contribution in [0.5, 0.6) is 0 Å². The molecule has 0 aromatic carbocycles. The quantitative estimate of drug-likeness (QED) is 0.716. The minimum atomic E-state index is -0.141. The molecule has 0 radical (unpaired) electrons. The van der Waals surface area contributed by atoms with Gasteiger partial charge in [-0.1, -0.05) is 0 Å². The first kappa shape index (κ1) is 11.8. The number of carbonyl (C=O) groups excluding carboxylic acids is 1. The molecule has 0 spiro atoms. The molecule has 0 saturated carbocycles. The van der Waals surface area contributed by atoms with Gasteiger partial charge in [-0.15, -0.1) is 0 Å². The molecule has 4 nitrogen and oxygen atoms in total. The Morgan fingerprint density at radius 3 is 3.07 bits per heavy atom. The van der Waals surface area contributed by atoms with E-state index in [0.29, 0.717) is 6.42 Å². The minimum Gasteiger partial charge on any atom is -0.469 e. The summed E-state index contributed by atoms with van der Waals surface area (Å²) in [5.74, 6) is -0.141. The van der Waals surface area contributed by atoms with Crippen molar-refractivity contribution in [1.82, 2.24) is 9.88 Å². The standard InChI is InChI=1S/C11H18N2O2/c1-12-9-10-5-3-7-13(10)8-4-6-11(14)15-2/h3,5,7,12H,4,6,8-9H2,1-2H3. The van der Waals surface area contributed by atoms with Crippen molar-refractivity contribution in [2.75, 3.05) is 14.2 Å². The third kappa shape index (κ3) is 3.75. The van der Waals surface area contributed by atoms with Crippen molar-refractivity contribution < 1.29 is 9.53 Å². The van der Waals surface area contributed by atoms with E-state index in [1.165, 1.54) is 12.8 Å². The number of nitrogens with zero attached hydrogens (tertiary/aromatic N) is 1. The molecule has 0 saturated heterocycles. The molecule has 1 aromatic rings. The highest BCUT2D eigenvalue weighted by Gasteiger charge is 2.02. The van der Waals surface area contributed by atoms with Crippen molar-refractivity contribution in [3.05, 3.63) is 24.0 Å². The molecule has 0 fully saturated rings. The molecule has 15 heavy (non-hydrogen) atoms. The lowest BCUT2D eigenvalue weighted by Crippen LogP contribution is -2.11. The van der Waals surface area contributed by atoms with Crippen molar-refractivity contribution in [2.45, 2.75) is 25.9 Å². The molecule has 0 aliphatic rings. The summed E-state index contributed by atoms with van der Waals surface area (Å²) < 4.78 is 6.74. The lowest BCUT2D eigenvalue weighted by molar-refractivity contribution is -0.140. The number of methoxy groups -OCH3 is 1.